The number of piperazine rings is 1. The van der Waals surface area contributed by atoms with E-state index in [1.54, 1.807) is 12.1 Å². The fraction of sp³-hybridized carbons (Fsp3) is 0.500. The van der Waals surface area contributed by atoms with Crippen molar-refractivity contribution in [1.29, 1.82) is 0 Å². The Labute approximate surface area is 113 Å². The van der Waals surface area contributed by atoms with Crippen LogP contribution in [-0.2, 0) is 0 Å². The number of benzene rings is 1. The highest BCUT2D eigenvalue weighted by Gasteiger charge is 2.22. The van der Waals surface area contributed by atoms with Gasteiger partial charge in [0.1, 0.15) is 0 Å². The number of carbonyl (C=O) groups is 1. The molecule has 0 saturated carbocycles. The Balaban J connectivity index is 1.98. The largest absolute Gasteiger partial charge is 0.336 e. The van der Waals surface area contributed by atoms with Crippen molar-refractivity contribution < 1.29 is 4.79 Å². The summed E-state index contributed by atoms with van der Waals surface area (Å²) in [6.07, 6.45) is 1.17. The first kappa shape index (κ1) is 13.4. The molecule has 0 spiro atoms. The summed E-state index contributed by atoms with van der Waals surface area (Å²) in [7, 11) is 0. The fourth-order valence-electron chi connectivity index (χ4n) is 2.30. The van der Waals surface area contributed by atoms with Crippen LogP contribution in [0.1, 0.15) is 23.7 Å². The molecule has 0 aromatic heterocycles. The monoisotopic (exact) mass is 266 g/mol. The van der Waals surface area contributed by atoms with E-state index >= 15 is 0 Å². The number of carbonyl (C=O) groups excluding carboxylic acids is 1. The third kappa shape index (κ3) is 3.03. The summed E-state index contributed by atoms with van der Waals surface area (Å²) < 4.78 is 0. The van der Waals surface area contributed by atoms with Gasteiger partial charge in [-0.05, 0) is 25.1 Å². The molecular formula is C14H19ClN2O. The zero-order valence-electron chi connectivity index (χ0n) is 10.7. The van der Waals surface area contributed by atoms with Gasteiger partial charge in [-0.15, -0.1) is 0 Å². The highest BCUT2D eigenvalue weighted by molar-refractivity contribution is 6.33. The first-order valence-corrected chi connectivity index (χ1v) is 6.86. The molecule has 1 aromatic carbocycles. The summed E-state index contributed by atoms with van der Waals surface area (Å²) in [6, 6.07) is 7.26. The molecule has 1 aliphatic rings. The van der Waals surface area contributed by atoms with Crippen molar-refractivity contribution in [3.8, 4) is 0 Å². The van der Waals surface area contributed by atoms with Crippen LogP contribution in [0.2, 0.25) is 5.02 Å². The lowest BCUT2D eigenvalue weighted by Gasteiger charge is -2.34. The third-order valence-electron chi connectivity index (χ3n) is 3.30. The van der Waals surface area contributed by atoms with Gasteiger partial charge in [0.15, 0.2) is 0 Å². The molecule has 0 radical (unpaired) electrons. The summed E-state index contributed by atoms with van der Waals surface area (Å²) in [5, 5.41) is 0.540. The smallest absolute Gasteiger partial charge is 0.255 e. The molecule has 1 amide bonds. The van der Waals surface area contributed by atoms with Gasteiger partial charge in [-0.2, -0.15) is 0 Å². The Morgan fingerprint density at radius 1 is 1.22 bits per heavy atom. The predicted octanol–water partition coefficient (Wildman–Crippen LogP) is 2.51. The Kier molecular flexibility index (Phi) is 4.61. The molecule has 0 bridgehead atoms. The Morgan fingerprint density at radius 3 is 2.50 bits per heavy atom. The van der Waals surface area contributed by atoms with Crippen LogP contribution in [0.4, 0.5) is 0 Å². The normalized spacial score (nSPS) is 16.9. The predicted molar refractivity (Wildman–Crippen MR) is 74.1 cm³/mol. The lowest BCUT2D eigenvalue weighted by atomic mass is 10.2. The number of rotatable bonds is 3. The summed E-state index contributed by atoms with van der Waals surface area (Å²) in [5.74, 6) is 0.0525. The van der Waals surface area contributed by atoms with Crippen LogP contribution >= 0.6 is 11.6 Å². The van der Waals surface area contributed by atoms with Crippen LogP contribution in [0, 0.1) is 0 Å². The maximum absolute atomic E-state index is 12.3. The minimum Gasteiger partial charge on any atom is -0.336 e. The van der Waals surface area contributed by atoms with Gasteiger partial charge < -0.3 is 4.90 Å². The molecule has 0 unspecified atom stereocenters. The number of hydrogen-bond donors (Lipinski definition) is 0. The summed E-state index contributed by atoms with van der Waals surface area (Å²) >= 11 is 6.06. The molecule has 1 aromatic rings. The summed E-state index contributed by atoms with van der Waals surface area (Å²) in [4.78, 5) is 16.6. The molecule has 2 rings (SSSR count). The maximum Gasteiger partial charge on any atom is 0.255 e. The van der Waals surface area contributed by atoms with Gasteiger partial charge in [0.2, 0.25) is 0 Å². The van der Waals surface area contributed by atoms with E-state index in [1.165, 1.54) is 6.42 Å². The Morgan fingerprint density at radius 2 is 1.89 bits per heavy atom. The van der Waals surface area contributed by atoms with E-state index in [-0.39, 0.29) is 5.91 Å². The number of nitrogens with zero attached hydrogens (tertiary/aromatic N) is 2. The molecule has 1 aliphatic heterocycles. The Hall–Kier alpha value is -1.06. The van der Waals surface area contributed by atoms with Gasteiger partial charge in [0, 0.05) is 26.2 Å². The number of halogens is 1. The van der Waals surface area contributed by atoms with Crippen LogP contribution in [0.5, 0.6) is 0 Å². The van der Waals surface area contributed by atoms with Crippen LogP contribution < -0.4 is 0 Å². The topological polar surface area (TPSA) is 23.6 Å². The van der Waals surface area contributed by atoms with E-state index < -0.39 is 0 Å². The van der Waals surface area contributed by atoms with Crippen molar-refractivity contribution in [3.63, 3.8) is 0 Å². The second kappa shape index (κ2) is 6.21. The van der Waals surface area contributed by atoms with Gasteiger partial charge in [-0.1, -0.05) is 30.7 Å². The molecule has 1 saturated heterocycles. The summed E-state index contributed by atoms with van der Waals surface area (Å²) in [5.41, 5.74) is 0.614. The van der Waals surface area contributed by atoms with Gasteiger partial charge in [0.05, 0.1) is 10.6 Å². The zero-order chi connectivity index (χ0) is 13.0. The van der Waals surface area contributed by atoms with Crippen molar-refractivity contribution in [2.45, 2.75) is 13.3 Å². The van der Waals surface area contributed by atoms with Crippen LogP contribution in [-0.4, -0.2) is 48.4 Å². The summed E-state index contributed by atoms with van der Waals surface area (Å²) in [6.45, 7) is 6.82. The molecule has 0 N–H and O–H groups in total. The molecule has 1 fully saturated rings. The highest BCUT2D eigenvalue weighted by atomic mass is 35.5. The quantitative estimate of drug-likeness (QED) is 0.839. The standard InChI is InChI=1S/C14H19ClN2O/c1-2-7-16-8-10-17(11-9-16)14(18)12-5-3-4-6-13(12)15/h3-6H,2,7-11H2,1H3. The molecule has 3 nitrogen and oxygen atoms in total. The van der Waals surface area contributed by atoms with Crippen molar-refractivity contribution in [3.05, 3.63) is 34.9 Å². The van der Waals surface area contributed by atoms with Gasteiger partial charge in [-0.25, -0.2) is 0 Å². The van der Waals surface area contributed by atoms with E-state index in [0.717, 1.165) is 32.7 Å². The maximum atomic E-state index is 12.3. The van der Waals surface area contributed by atoms with Crippen LogP contribution in [0.3, 0.4) is 0 Å². The second-order valence-electron chi connectivity index (χ2n) is 4.61. The highest BCUT2D eigenvalue weighted by Crippen LogP contribution is 2.18. The minimum absolute atomic E-state index is 0.0525. The van der Waals surface area contributed by atoms with Crippen molar-refractivity contribution in [1.82, 2.24) is 9.80 Å². The van der Waals surface area contributed by atoms with E-state index in [4.69, 9.17) is 11.6 Å². The molecule has 0 atom stereocenters. The first-order valence-electron chi connectivity index (χ1n) is 6.48. The van der Waals surface area contributed by atoms with E-state index in [0.29, 0.717) is 10.6 Å². The van der Waals surface area contributed by atoms with Crippen LogP contribution in [0.25, 0.3) is 0 Å². The van der Waals surface area contributed by atoms with Gasteiger partial charge in [-0.3, -0.25) is 9.69 Å². The average Bonchev–Trinajstić information content (AvgIpc) is 2.40. The Bertz CT molecular complexity index is 414. The minimum atomic E-state index is 0.0525. The van der Waals surface area contributed by atoms with Gasteiger partial charge >= 0.3 is 0 Å². The number of hydrogen-bond acceptors (Lipinski definition) is 2. The van der Waals surface area contributed by atoms with E-state index in [1.807, 2.05) is 17.0 Å². The van der Waals surface area contributed by atoms with E-state index in [2.05, 4.69) is 11.8 Å². The average molecular weight is 267 g/mol. The number of amides is 1. The van der Waals surface area contributed by atoms with Gasteiger partial charge in [0.25, 0.3) is 5.91 Å². The lowest BCUT2D eigenvalue weighted by molar-refractivity contribution is 0.0637. The molecule has 98 valence electrons. The zero-order valence-corrected chi connectivity index (χ0v) is 11.5. The molecule has 18 heavy (non-hydrogen) atoms. The third-order valence-corrected chi connectivity index (χ3v) is 3.63. The van der Waals surface area contributed by atoms with Crippen molar-refractivity contribution in [2.75, 3.05) is 32.7 Å². The molecule has 1 heterocycles. The van der Waals surface area contributed by atoms with Crippen molar-refractivity contribution in [2.24, 2.45) is 0 Å². The second-order valence-corrected chi connectivity index (χ2v) is 5.02. The fourth-order valence-corrected chi connectivity index (χ4v) is 2.51. The molecule has 0 aliphatic carbocycles. The lowest BCUT2D eigenvalue weighted by Crippen LogP contribution is -2.48. The molecular weight excluding hydrogens is 248 g/mol. The van der Waals surface area contributed by atoms with Crippen molar-refractivity contribution >= 4 is 17.5 Å². The molecule has 4 heteroatoms. The van der Waals surface area contributed by atoms with Crippen LogP contribution in [0.15, 0.2) is 24.3 Å². The van der Waals surface area contributed by atoms with E-state index in [9.17, 15) is 4.79 Å². The SMILES string of the molecule is CCCN1CCN(C(=O)c2ccccc2Cl)CC1. The first-order chi connectivity index (χ1) is 8.72.